The van der Waals surface area contributed by atoms with Crippen molar-refractivity contribution in [3.63, 3.8) is 0 Å². The van der Waals surface area contributed by atoms with Gasteiger partial charge in [-0.15, -0.1) is 11.3 Å². The van der Waals surface area contributed by atoms with E-state index in [-0.39, 0.29) is 30.2 Å². The summed E-state index contributed by atoms with van der Waals surface area (Å²) in [5, 5.41) is 1.89. The minimum absolute atomic E-state index is 0.00723. The molecule has 2 aromatic rings. The molecule has 2 fully saturated rings. The maximum absolute atomic E-state index is 12.9. The number of ether oxygens (including phenoxy) is 2. The van der Waals surface area contributed by atoms with Crippen LogP contribution in [0.2, 0.25) is 0 Å². The smallest absolute Gasteiger partial charge is 0.411 e. The lowest BCUT2D eigenvalue weighted by Crippen LogP contribution is -2.47. The van der Waals surface area contributed by atoms with Crippen molar-refractivity contribution in [3.05, 3.63) is 51.7 Å². The van der Waals surface area contributed by atoms with Crippen molar-refractivity contribution in [2.24, 2.45) is 0 Å². The summed E-state index contributed by atoms with van der Waals surface area (Å²) in [6.07, 6.45) is 2.03. The first-order valence-electron chi connectivity index (χ1n) is 10.2. The van der Waals surface area contributed by atoms with Gasteiger partial charge in [-0.05, 0) is 42.3 Å². The zero-order valence-corrected chi connectivity index (χ0v) is 17.2. The van der Waals surface area contributed by atoms with E-state index < -0.39 is 0 Å². The van der Waals surface area contributed by atoms with Gasteiger partial charge in [-0.3, -0.25) is 9.69 Å². The van der Waals surface area contributed by atoms with Crippen LogP contribution < -0.4 is 4.74 Å². The monoisotopic (exact) mass is 412 g/mol. The molecule has 0 bridgehead atoms. The largest absolute Gasteiger partial charge is 0.492 e. The molecule has 0 N–H and O–H groups in total. The quantitative estimate of drug-likeness (QED) is 0.765. The third kappa shape index (κ3) is 3.08. The van der Waals surface area contributed by atoms with Gasteiger partial charge < -0.3 is 14.4 Å². The highest BCUT2D eigenvalue weighted by Gasteiger charge is 2.50. The van der Waals surface area contributed by atoms with Crippen LogP contribution in [0, 0.1) is 0 Å². The Kier molecular flexibility index (Phi) is 4.70. The average Bonchev–Trinajstić information content (AvgIpc) is 3.41. The second-order valence-electron chi connectivity index (χ2n) is 7.75. The summed E-state index contributed by atoms with van der Waals surface area (Å²) >= 11 is 1.42. The SMILES string of the molecule is CCOc1ccsc1C(=O)N1CCC(N2C(=O)O[C@H]3Cc4ccccc4[C@H]32)CC1. The van der Waals surface area contributed by atoms with Crippen LogP contribution in [-0.4, -0.2) is 53.6 Å². The maximum Gasteiger partial charge on any atom is 0.411 e. The number of benzene rings is 1. The Balaban J connectivity index is 1.29. The molecule has 5 rings (SSSR count). The van der Waals surface area contributed by atoms with E-state index in [4.69, 9.17) is 9.47 Å². The molecule has 7 heteroatoms. The number of fused-ring (bicyclic) bond motifs is 3. The predicted molar refractivity (Wildman–Crippen MR) is 109 cm³/mol. The fourth-order valence-electron chi connectivity index (χ4n) is 4.87. The molecule has 3 heterocycles. The van der Waals surface area contributed by atoms with Crippen molar-refractivity contribution in [2.75, 3.05) is 19.7 Å². The number of carbonyl (C=O) groups excluding carboxylic acids is 2. The van der Waals surface area contributed by atoms with E-state index in [2.05, 4.69) is 12.1 Å². The van der Waals surface area contributed by atoms with Crippen molar-refractivity contribution in [2.45, 2.75) is 44.4 Å². The molecule has 0 saturated carbocycles. The van der Waals surface area contributed by atoms with Gasteiger partial charge in [0.1, 0.15) is 16.7 Å². The molecule has 1 aliphatic carbocycles. The molecule has 0 spiro atoms. The highest BCUT2D eigenvalue weighted by molar-refractivity contribution is 7.12. The molecule has 2 aliphatic heterocycles. The molecule has 3 aliphatic rings. The van der Waals surface area contributed by atoms with Crippen LogP contribution in [-0.2, 0) is 11.2 Å². The Morgan fingerprint density at radius 1 is 1.24 bits per heavy atom. The van der Waals surface area contributed by atoms with Gasteiger partial charge in [-0.1, -0.05) is 24.3 Å². The number of hydrogen-bond donors (Lipinski definition) is 0. The first-order valence-corrected chi connectivity index (χ1v) is 11.1. The van der Waals surface area contributed by atoms with Crippen molar-refractivity contribution < 1.29 is 19.1 Å². The van der Waals surface area contributed by atoms with Crippen molar-refractivity contribution >= 4 is 23.3 Å². The molecule has 1 aromatic carbocycles. The number of rotatable bonds is 4. The van der Waals surface area contributed by atoms with E-state index in [1.165, 1.54) is 22.5 Å². The van der Waals surface area contributed by atoms with Gasteiger partial charge in [0.05, 0.1) is 12.6 Å². The van der Waals surface area contributed by atoms with Crippen LogP contribution in [0.4, 0.5) is 4.79 Å². The lowest BCUT2D eigenvalue weighted by Gasteiger charge is -2.37. The van der Waals surface area contributed by atoms with Crippen molar-refractivity contribution in [1.29, 1.82) is 0 Å². The third-order valence-corrected chi connectivity index (χ3v) is 7.06. The topological polar surface area (TPSA) is 59.1 Å². The third-order valence-electron chi connectivity index (χ3n) is 6.18. The summed E-state index contributed by atoms with van der Waals surface area (Å²) < 4.78 is 11.3. The fraction of sp³-hybridized carbons (Fsp3) is 0.455. The molecule has 1 aromatic heterocycles. The molecular formula is C22H24N2O4S. The van der Waals surface area contributed by atoms with Crippen LogP contribution in [0.15, 0.2) is 35.7 Å². The van der Waals surface area contributed by atoms with E-state index in [9.17, 15) is 9.59 Å². The summed E-state index contributed by atoms with van der Waals surface area (Å²) in [5.41, 5.74) is 2.48. The zero-order valence-electron chi connectivity index (χ0n) is 16.4. The molecule has 2 saturated heterocycles. The second kappa shape index (κ2) is 7.37. The van der Waals surface area contributed by atoms with E-state index in [1.54, 1.807) is 0 Å². The molecule has 152 valence electrons. The lowest BCUT2D eigenvalue weighted by molar-refractivity contribution is 0.0637. The Hall–Kier alpha value is -2.54. The second-order valence-corrected chi connectivity index (χ2v) is 8.66. The number of nitrogens with zero attached hydrogens (tertiary/aromatic N) is 2. The van der Waals surface area contributed by atoms with Crippen LogP contribution >= 0.6 is 11.3 Å². The molecule has 0 radical (unpaired) electrons. The van der Waals surface area contributed by atoms with Gasteiger partial charge >= 0.3 is 6.09 Å². The Morgan fingerprint density at radius 2 is 2.03 bits per heavy atom. The lowest BCUT2D eigenvalue weighted by atomic mass is 9.99. The van der Waals surface area contributed by atoms with Gasteiger partial charge in [-0.25, -0.2) is 4.79 Å². The number of carbonyl (C=O) groups is 2. The van der Waals surface area contributed by atoms with Crippen molar-refractivity contribution in [1.82, 2.24) is 9.80 Å². The van der Waals surface area contributed by atoms with Gasteiger partial charge in [-0.2, -0.15) is 0 Å². The fourth-order valence-corrected chi connectivity index (χ4v) is 5.67. The van der Waals surface area contributed by atoms with Gasteiger partial charge in [0.15, 0.2) is 0 Å². The van der Waals surface area contributed by atoms with Crippen LogP contribution in [0.5, 0.6) is 5.75 Å². The van der Waals surface area contributed by atoms with Gasteiger partial charge in [0, 0.05) is 25.6 Å². The first kappa shape index (κ1) is 18.5. The minimum atomic E-state index is -0.212. The predicted octanol–water partition coefficient (Wildman–Crippen LogP) is 3.87. The van der Waals surface area contributed by atoms with Crippen LogP contribution in [0.25, 0.3) is 0 Å². The minimum Gasteiger partial charge on any atom is -0.492 e. The molecule has 2 atom stereocenters. The van der Waals surface area contributed by atoms with Crippen LogP contribution in [0.3, 0.4) is 0 Å². The molecule has 6 nitrogen and oxygen atoms in total. The number of amides is 2. The highest BCUT2D eigenvalue weighted by Crippen LogP contribution is 2.44. The molecule has 2 amide bonds. The van der Waals surface area contributed by atoms with E-state index in [0.717, 1.165) is 19.3 Å². The number of hydrogen-bond acceptors (Lipinski definition) is 5. The average molecular weight is 413 g/mol. The standard InChI is InChI=1S/C22H24N2O4S/c1-2-27-17-9-12-29-20(17)21(25)23-10-7-15(8-11-23)24-19-16-6-4-3-5-14(16)13-18(19)28-22(24)26/h3-6,9,12,15,18-19H,2,7-8,10-11,13H2,1H3/t18-,19+/m0/s1. The number of likely N-dealkylation sites (tertiary alicyclic amines) is 1. The highest BCUT2D eigenvalue weighted by atomic mass is 32.1. The molecular weight excluding hydrogens is 388 g/mol. The molecule has 0 unspecified atom stereocenters. The zero-order chi connectivity index (χ0) is 20.0. The van der Waals surface area contributed by atoms with E-state index in [0.29, 0.717) is 30.3 Å². The summed E-state index contributed by atoms with van der Waals surface area (Å²) in [4.78, 5) is 30.1. The van der Waals surface area contributed by atoms with Gasteiger partial charge in [0.25, 0.3) is 5.91 Å². The Bertz CT molecular complexity index is 934. The number of thiophene rings is 1. The first-order chi connectivity index (χ1) is 14.2. The number of piperidine rings is 1. The summed E-state index contributed by atoms with van der Waals surface area (Å²) in [6.45, 7) is 3.73. The van der Waals surface area contributed by atoms with E-state index in [1.807, 2.05) is 40.3 Å². The molecule has 29 heavy (non-hydrogen) atoms. The van der Waals surface area contributed by atoms with Crippen molar-refractivity contribution in [3.8, 4) is 5.75 Å². The summed E-state index contributed by atoms with van der Waals surface area (Å²) in [5.74, 6) is 0.688. The normalized spacial score (nSPS) is 23.7. The van der Waals surface area contributed by atoms with Gasteiger partial charge in [0.2, 0.25) is 0 Å². The Morgan fingerprint density at radius 3 is 2.83 bits per heavy atom. The summed E-state index contributed by atoms with van der Waals surface area (Å²) in [7, 11) is 0. The van der Waals surface area contributed by atoms with Crippen LogP contribution in [0.1, 0.15) is 46.6 Å². The summed E-state index contributed by atoms with van der Waals surface area (Å²) in [6, 6.07) is 10.3. The van der Waals surface area contributed by atoms with E-state index >= 15 is 0 Å². The maximum atomic E-state index is 12.9. The Labute approximate surface area is 174 Å².